The van der Waals surface area contributed by atoms with E-state index in [1.165, 1.54) is 0 Å². The molecule has 1 aliphatic carbocycles. The van der Waals surface area contributed by atoms with Crippen molar-refractivity contribution in [3.63, 3.8) is 0 Å². The third kappa shape index (κ3) is 4.05. The standard InChI is InChI=1S/C25H23N3O4/c1-28(12-4-7-23(29)30)25(31)18-6-3-2-5-17(18)24-19-10-8-15(26)13-21(19)32-22-14-16(27)9-11-20(22)24/h2-3,5-6,8-11,13-14,26H,4,7,12,27H2,1H3,(H,29,30). The molecule has 1 aliphatic heterocycles. The van der Waals surface area contributed by atoms with Gasteiger partial charge in [0.2, 0.25) is 0 Å². The summed E-state index contributed by atoms with van der Waals surface area (Å²) < 4.78 is 6.04. The van der Waals surface area contributed by atoms with Crippen molar-refractivity contribution in [3.8, 4) is 22.5 Å². The Balaban J connectivity index is 1.89. The molecule has 7 nitrogen and oxygen atoms in total. The fraction of sp³-hybridized carbons (Fsp3) is 0.160. The zero-order chi connectivity index (χ0) is 22.8. The zero-order valence-electron chi connectivity index (χ0n) is 17.6. The maximum absolute atomic E-state index is 13.3. The van der Waals surface area contributed by atoms with Gasteiger partial charge in [-0.05, 0) is 42.3 Å². The van der Waals surface area contributed by atoms with Gasteiger partial charge in [-0.2, -0.15) is 0 Å². The highest BCUT2D eigenvalue weighted by Crippen LogP contribution is 2.41. The van der Waals surface area contributed by atoms with Crippen molar-refractivity contribution >= 4 is 28.5 Å². The Labute approximate surface area is 184 Å². The van der Waals surface area contributed by atoms with E-state index in [4.69, 9.17) is 20.7 Å². The summed E-state index contributed by atoms with van der Waals surface area (Å²) in [7, 11) is 1.67. The largest absolute Gasteiger partial charge is 0.481 e. The maximum Gasteiger partial charge on any atom is 0.303 e. The van der Waals surface area contributed by atoms with Crippen LogP contribution in [0.15, 0.2) is 65.1 Å². The van der Waals surface area contributed by atoms with Crippen LogP contribution in [0.2, 0.25) is 0 Å². The highest BCUT2D eigenvalue weighted by Gasteiger charge is 2.22. The van der Waals surface area contributed by atoms with Crippen LogP contribution >= 0.6 is 0 Å². The number of hydrogen-bond donors (Lipinski definition) is 3. The minimum absolute atomic E-state index is 0.00557. The minimum atomic E-state index is -0.884. The number of hydrogen-bond acceptors (Lipinski definition) is 5. The van der Waals surface area contributed by atoms with Crippen LogP contribution in [0.4, 0.5) is 5.69 Å². The minimum Gasteiger partial charge on any atom is -0.481 e. The number of anilines is 1. The lowest BCUT2D eigenvalue weighted by Gasteiger charge is -2.21. The van der Waals surface area contributed by atoms with Gasteiger partial charge in [0, 0.05) is 59.9 Å². The summed E-state index contributed by atoms with van der Waals surface area (Å²) in [6, 6.07) is 17.9. The van der Waals surface area contributed by atoms with Crippen molar-refractivity contribution < 1.29 is 19.1 Å². The summed E-state index contributed by atoms with van der Waals surface area (Å²) >= 11 is 0. The molecule has 2 aliphatic rings. The van der Waals surface area contributed by atoms with Crippen molar-refractivity contribution in [2.24, 2.45) is 0 Å². The van der Waals surface area contributed by atoms with Gasteiger partial charge < -0.3 is 25.6 Å². The molecular weight excluding hydrogens is 406 g/mol. The summed E-state index contributed by atoms with van der Waals surface area (Å²) in [5, 5.41) is 18.0. The number of fused-ring (bicyclic) bond motifs is 2. The first-order valence-electron chi connectivity index (χ1n) is 10.2. The quantitative estimate of drug-likeness (QED) is 0.313. The number of carboxylic acid groups (broad SMARTS) is 1. The molecule has 0 saturated carbocycles. The number of nitrogen functional groups attached to an aromatic ring is 1. The lowest BCUT2D eigenvalue weighted by Crippen LogP contribution is -2.28. The van der Waals surface area contributed by atoms with E-state index in [0.717, 1.165) is 22.1 Å². The average molecular weight is 429 g/mol. The van der Waals surface area contributed by atoms with E-state index in [1.54, 1.807) is 48.3 Å². The second-order valence-electron chi connectivity index (χ2n) is 7.71. The molecule has 0 fully saturated rings. The van der Waals surface area contributed by atoms with E-state index in [0.29, 0.717) is 40.9 Å². The van der Waals surface area contributed by atoms with Crippen molar-refractivity contribution in [1.82, 2.24) is 4.90 Å². The number of amides is 1. The van der Waals surface area contributed by atoms with Crippen LogP contribution in [0, 0.1) is 5.41 Å². The van der Waals surface area contributed by atoms with Gasteiger partial charge >= 0.3 is 5.97 Å². The Morgan fingerprint density at radius 2 is 1.84 bits per heavy atom. The molecule has 4 rings (SSSR count). The summed E-state index contributed by atoms with van der Waals surface area (Å²) in [5.74, 6) is -0.548. The molecule has 0 radical (unpaired) electrons. The first kappa shape index (κ1) is 21.1. The third-order valence-corrected chi connectivity index (χ3v) is 5.40. The van der Waals surface area contributed by atoms with Crippen LogP contribution in [-0.2, 0) is 4.79 Å². The number of carbonyl (C=O) groups excluding carboxylic acids is 1. The highest BCUT2D eigenvalue weighted by atomic mass is 16.4. The maximum atomic E-state index is 13.3. The van der Waals surface area contributed by atoms with Crippen molar-refractivity contribution in [1.29, 1.82) is 5.41 Å². The van der Waals surface area contributed by atoms with Gasteiger partial charge in [0.25, 0.3) is 5.91 Å². The molecular formula is C25H23N3O4. The van der Waals surface area contributed by atoms with E-state index in [2.05, 4.69) is 0 Å². The Kier molecular flexibility index (Phi) is 5.64. The number of nitrogens with zero attached hydrogens (tertiary/aromatic N) is 1. The van der Waals surface area contributed by atoms with Crippen LogP contribution < -0.4 is 11.1 Å². The fourth-order valence-corrected chi connectivity index (χ4v) is 3.86. The molecule has 0 aromatic heterocycles. The van der Waals surface area contributed by atoms with E-state index >= 15 is 0 Å². The van der Waals surface area contributed by atoms with Gasteiger partial charge in [0.05, 0.1) is 5.36 Å². The summed E-state index contributed by atoms with van der Waals surface area (Å²) in [6.07, 6.45) is 0.382. The molecule has 0 saturated heterocycles. The molecule has 2 aromatic rings. The monoisotopic (exact) mass is 429 g/mol. The molecule has 0 atom stereocenters. The Bertz CT molecular complexity index is 1360. The molecule has 32 heavy (non-hydrogen) atoms. The predicted octanol–water partition coefficient (Wildman–Crippen LogP) is 4.20. The lowest BCUT2D eigenvalue weighted by atomic mass is 9.90. The Morgan fingerprint density at radius 3 is 2.62 bits per heavy atom. The SMILES string of the molecule is CN(CCCC(=O)O)C(=O)c1ccccc1-c1c2ccc(=N)cc-2oc2cc(N)ccc12. The third-order valence-electron chi connectivity index (χ3n) is 5.40. The van der Waals surface area contributed by atoms with E-state index in [-0.39, 0.29) is 12.3 Å². The number of nitrogens with two attached hydrogens (primary N) is 1. The predicted molar refractivity (Wildman–Crippen MR) is 122 cm³/mol. The van der Waals surface area contributed by atoms with Crippen molar-refractivity contribution in [2.45, 2.75) is 12.8 Å². The molecule has 1 heterocycles. The Hall–Kier alpha value is -4.13. The van der Waals surface area contributed by atoms with Crippen LogP contribution in [0.5, 0.6) is 0 Å². The van der Waals surface area contributed by atoms with Crippen LogP contribution in [0.1, 0.15) is 23.2 Å². The van der Waals surface area contributed by atoms with Gasteiger partial charge in [0.15, 0.2) is 0 Å². The summed E-state index contributed by atoms with van der Waals surface area (Å²) in [5.41, 5.74) is 9.93. The van der Waals surface area contributed by atoms with E-state index in [9.17, 15) is 9.59 Å². The zero-order valence-corrected chi connectivity index (χ0v) is 17.6. The van der Waals surface area contributed by atoms with Gasteiger partial charge in [-0.25, -0.2) is 0 Å². The molecule has 7 heteroatoms. The number of nitrogens with one attached hydrogen (secondary N) is 1. The molecule has 0 spiro atoms. The summed E-state index contributed by atoms with van der Waals surface area (Å²) in [6.45, 7) is 0.337. The average Bonchev–Trinajstić information content (AvgIpc) is 2.76. The number of benzene rings is 3. The molecule has 2 aromatic carbocycles. The molecule has 0 bridgehead atoms. The normalized spacial score (nSPS) is 11.0. The van der Waals surface area contributed by atoms with Gasteiger partial charge in [-0.15, -0.1) is 0 Å². The molecule has 0 unspecified atom stereocenters. The summed E-state index contributed by atoms with van der Waals surface area (Å²) in [4.78, 5) is 25.7. The fourth-order valence-electron chi connectivity index (χ4n) is 3.86. The van der Waals surface area contributed by atoms with Crippen LogP contribution in [0.25, 0.3) is 33.4 Å². The van der Waals surface area contributed by atoms with Gasteiger partial charge in [-0.1, -0.05) is 18.2 Å². The first-order valence-corrected chi connectivity index (χ1v) is 10.2. The number of carboxylic acids is 1. The molecule has 4 N–H and O–H groups in total. The smallest absolute Gasteiger partial charge is 0.303 e. The van der Waals surface area contributed by atoms with Crippen molar-refractivity contribution in [3.05, 3.63) is 71.6 Å². The second kappa shape index (κ2) is 8.55. The molecule has 1 amide bonds. The highest BCUT2D eigenvalue weighted by molar-refractivity contribution is 6.09. The number of aliphatic carboxylic acids is 1. The lowest BCUT2D eigenvalue weighted by molar-refractivity contribution is -0.137. The van der Waals surface area contributed by atoms with E-state index in [1.807, 2.05) is 24.3 Å². The molecule has 162 valence electrons. The second-order valence-corrected chi connectivity index (χ2v) is 7.71. The Morgan fingerprint density at radius 1 is 1.06 bits per heavy atom. The number of rotatable bonds is 6. The van der Waals surface area contributed by atoms with Crippen molar-refractivity contribution in [2.75, 3.05) is 19.3 Å². The topological polar surface area (TPSA) is 121 Å². The number of carbonyl (C=O) groups is 2. The van der Waals surface area contributed by atoms with Crippen LogP contribution in [0.3, 0.4) is 0 Å². The van der Waals surface area contributed by atoms with E-state index < -0.39 is 5.97 Å². The van der Waals surface area contributed by atoms with Crippen LogP contribution in [-0.4, -0.2) is 35.5 Å². The first-order chi connectivity index (χ1) is 15.3. The van der Waals surface area contributed by atoms with Gasteiger partial charge in [0.1, 0.15) is 11.3 Å². The van der Waals surface area contributed by atoms with Gasteiger partial charge in [-0.3, -0.25) is 9.59 Å².